The molecule has 0 aliphatic heterocycles. The first-order valence-electron chi connectivity index (χ1n) is 6.37. The van der Waals surface area contributed by atoms with Crippen LogP contribution in [0.4, 0.5) is 0 Å². The molecule has 1 saturated carbocycles. The molecule has 1 aliphatic rings. The Morgan fingerprint density at radius 3 is 2.71 bits per heavy atom. The maximum Gasteiger partial charge on any atom is 0.0299 e. The summed E-state index contributed by atoms with van der Waals surface area (Å²) in [6, 6.07) is 15.1. The number of nitrogens with zero attached hydrogens (tertiary/aromatic N) is 1. The molecule has 1 heterocycles. The number of benzene rings is 1. The molecule has 1 aromatic carbocycles. The molecule has 1 fully saturated rings. The molecular formula is C16H17N. The Morgan fingerprint density at radius 1 is 1.06 bits per heavy atom. The smallest absolute Gasteiger partial charge is 0.0299 e. The third-order valence-electron chi connectivity index (χ3n) is 3.68. The number of aromatic nitrogens is 1. The van der Waals surface area contributed by atoms with Gasteiger partial charge in [0, 0.05) is 12.4 Å². The molecular weight excluding hydrogens is 206 g/mol. The van der Waals surface area contributed by atoms with Crippen molar-refractivity contribution in [3.8, 4) is 0 Å². The molecule has 0 bridgehead atoms. The van der Waals surface area contributed by atoms with Crippen LogP contribution in [-0.2, 0) is 6.42 Å². The van der Waals surface area contributed by atoms with Crippen molar-refractivity contribution in [1.29, 1.82) is 0 Å². The predicted molar refractivity (Wildman–Crippen MR) is 69.8 cm³/mol. The van der Waals surface area contributed by atoms with Crippen molar-refractivity contribution in [2.24, 2.45) is 5.92 Å². The van der Waals surface area contributed by atoms with Gasteiger partial charge < -0.3 is 0 Å². The zero-order chi connectivity index (χ0) is 11.5. The van der Waals surface area contributed by atoms with Crippen LogP contribution < -0.4 is 0 Å². The SMILES string of the molecule is c1ccc(C2C[C@@H]2CCc2cccnc2)cc1. The van der Waals surface area contributed by atoms with Gasteiger partial charge in [-0.2, -0.15) is 0 Å². The Kier molecular flexibility index (Phi) is 2.91. The van der Waals surface area contributed by atoms with Crippen molar-refractivity contribution < 1.29 is 0 Å². The summed E-state index contributed by atoms with van der Waals surface area (Å²) in [5, 5.41) is 0. The highest BCUT2D eigenvalue weighted by Crippen LogP contribution is 2.49. The number of rotatable bonds is 4. The number of pyridine rings is 1. The Balaban J connectivity index is 1.53. The number of hydrogen-bond donors (Lipinski definition) is 0. The Bertz CT molecular complexity index is 463. The van der Waals surface area contributed by atoms with Crippen LogP contribution in [0.1, 0.15) is 29.9 Å². The second-order valence-electron chi connectivity index (χ2n) is 4.91. The monoisotopic (exact) mass is 223 g/mol. The lowest BCUT2D eigenvalue weighted by Gasteiger charge is -2.01. The van der Waals surface area contributed by atoms with Gasteiger partial charge >= 0.3 is 0 Å². The molecule has 1 nitrogen and oxygen atoms in total. The highest BCUT2D eigenvalue weighted by atomic mass is 14.6. The molecule has 3 rings (SSSR count). The molecule has 1 aromatic heterocycles. The Hall–Kier alpha value is -1.63. The molecule has 0 amide bonds. The minimum Gasteiger partial charge on any atom is -0.264 e. The minimum atomic E-state index is 0.813. The van der Waals surface area contributed by atoms with Gasteiger partial charge in [0.25, 0.3) is 0 Å². The van der Waals surface area contributed by atoms with Crippen LogP contribution in [0.5, 0.6) is 0 Å². The van der Waals surface area contributed by atoms with Crippen molar-refractivity contribution in [1.82, 2.24) is 4.98 Å². The Labute approximate surface area is 103 Å². The van der Waals surface area contributed by atoms with Gasteiger partial charge in [0.2, 0.25) is 0 Å². The van der Waals surface area contributed by atoms with E-state index in [4.69, 9.17) is 0 Å². The van der Waals surface area contributed by atoms with E-state index in [1.165, 1.54) is 30.4 Å². The normalized spacial score (nSPS) is 22.4. The van der Waals surface area contributed by atoms with E-state index in [0.717, 1.165) is 11.8 Å². The van der Waals surface area contributed by atoms with Gasteiger partial charge in [-0.1, -0.05) is 36.4 Å². The van der Waals surface area contributed by atoms with E-state index in [-0.39, 0.29) is 0 Å². The summed E-state index contributed by atoms with van der Waals surface area (Å²) in [4.78, 5) is 4.16. The van der Waals surface area contributed by atoms with Gasteiger partial charge in [0.05, 0.1) is 0 Å². The molecule has 2 aromatic rings. The molecule has 1 unspecified atom stereocenters. The highest BCUT2D eigenvalue weighted by Gasteiger charge is 2.37. The molecule has 2 atom stereocenters. The standard InChI is InChI=1S/C16H17N/c1-2-6-14(7-3-1)16-11-15(16)9-8-13-5-4-10-17-12-13/h1-7,10,12,15-16H,8-9,11H2/t15-,16?/m0/s1. The van der Waals surface area contributed by atoms with Gasteiger partial charge in [-0.25, -0.2) is 0 Å². The van der Waals surface area contributed by atoms with Crippen molar-refractivity contribution in [2.45, 2.75) is 25.2 Å². The zero-order valence-electron chi connectivity index (χ0n) is 9.92. The van der Waals surface area contributed by atoms with E-state index in [0.29, 0.717) is 0 Å². The molecule has 0 saturated heterocycles. The van der Waals surface area contributed by atoms with Crippen LogP contribution in [0.25, 0.3) is 0 Å². The maximum absolute atomic E-state index is 4.16. The molecule has 1 aliphatic carbocycles. The van der Waals surface area contributed by atoms with E-state index in [1.54, 1.807) is 0 Å². The van der Waals surface area contributed by atoms with Crippen LogP contribution in [0.3, 0.4) is 0 Å². The minimum absolute atomic E-state index is 0.813. The molecule has 0 radical (unpaired) electrons. The van der Waals surface area contributed by atoms with E-state index >= 15 is 0 Å². The van der Waals surface area contributed by atoms with Crippen molar-refractivity contribution in [2.75, 3.05) is 0 Å². The van der Waals surface area contributed by atoms with E-state index in [2.05, 4.69) is 41.4 Å². The highest BCUT2D eigenvalue weighted by molar-refractivity contribution is 5.25. The van der Waals surface area contributed by atoms with Gasteiger partial charge in [-0.05, 0) is 48.3 Å². The van der Waals surface area contributed by atoms with Crippen molar-refractivity contribution >= 4 is 0 Å². The quantitative estimate of drug-likeness (QED) is 0.768. The fourth-order valence-corrected chi connectivity index (χ4v) is 2.57. The lowest BCUT2D eigenvalue weighted by atomic mass is 10.0. The average molecular weight is 223 g/mol. The predicted octanol–water partition coefficient (Wildman–Crippen LogP) is 3.82. The van der Waals surface area contributed by atoms with E-state index in [9.17, 15) is 0 Å². The van der Waals surface area contributed by atoms with Gasteiger partial charge in [-0.3, -0.25) is 4.98 Å². The molecule has 0 spiro atoms. The van der Waals surface area contributed by atoms with E-state index < -0.39 is 0 Å². The van der Waals surface area contributed by atoms with Crippen LogP contribution in [0.2, 0.25) is 0 Å². The molecule has 86 valence electrons. The second kappa shape index (κ2) is 4.70. The second-order valence-corrected chi connectivity index (χ2v) is 4.91. The first-order valence-corrected chi connectivity index (χ1v) is 6.37. The van der Waals surface area contributed by atoms with Crippen LogP contribution in [0, 0.1) is 5.92 Å². The van der Waals surface area contributed by atoms with Crippen molar-refractivity contribution in [3.05, 3.63) is 66.0 Å². The molecule has 1 heteroatoms. The van der Waals surface area contributed by atoms with E-state index in [1.807, 2.05) is 18.5 Å². The third kappa shape index (κ3) is 2.55. The average Bonchev–Trinajstić information content (AvgIpc) is 3.18. The summed E-state index contributed by atoms with van der Waals surface area (Å²) in [6.07, 6.45) is 7.66. The van der Waals surface area contributed by atoms with Gasteiger partial charge in [0.15, 0.2) is 0 Å². The third-order valence-corrected chi connectivity index (χ3v) is 3.68. The first kappa shape index (κ1) is 10.5. The lowest BCUT2D eigenvalue weighted by Crippen LogP contribution is -1.89. The molecule has 17 heavy (non-hydrogen) atoms. The summed E-state index contributed by atoms with van der Waals surface area (Å²) < 4.78 is 0. The van der Waals surface area contributed by atoms with Gasteiger partial charge in [0.1, 0.15) is 0 Å². The summed E-state index contributed by atoms with van der Waals surface area (Å²) in [6.45, 7) is 0. The van der Waals surface area contributed by atoms with Crippen molar-refractivity contribution in [3.63, 3.8) is 0 Å². The summed E-state index contributed by atoms with van der Waals surface area (Å²) in [5.41, 5.74) is 2.88. The topological polar surface area (TPSA) is 12.9 Å². The zero-order valence-corrected chi connectivity index (χ0v) is 9.92. The van der Waals surface area contributed by atoms with Crippen LogP contribution >= 0.6 is 0 Å². The number of aryl methyl sites for hydroxylation is 1. The fraction of sp³-hybridized carbons (Fsp3) is 0.312. The lowest BCUT2D eigenvalue weighted by molar-refractivity contribution is 0.702. The molecule has 0 N–H and O–H groups in total. The van der Waals surface area contributed by atoms with Gasteiger partial charge in [-0.15, -0.1) is 0 Å². The van der Waals surface area contributed by atoms with Crippen LogP contribution in [-0.4, -0.2) is 4.98 Å². The van der Waals surface area contributed by atoms with Crippen LogP contribution in [0.15, 0.2) is 54.9 Å². The first-order chi connectivity index (χ1) is 8.43. The summed E-state index contributed by atoms with van der Waals surface area (Å²) in [7, 11) is 0. The maximum atomic E-state index is 4.16. The summed E-state index contributed by atoms with van der Waals surface area (Å²) in [5.74, 6) is 1.70. The number of hydrogen-bond acceptors (Lipinski definition) is 1. The largest absolute Gasteiger partial charge is 0.264 e. The summed E-state index contributed by atoms with van der Waals surface area (Å²) >= 11 is 0. The Morgan fingerprint density at radius 2 is 1.94 bits per heavy atom. The fourth-order valence-electron chi connectivity index (χ4n) is 2.57.